The van der Waals surface area contributed by atoms with E-state index < -0.39 is 0 Å². The first-order valence-electron chi connectivity index (χ1n) is 13.1. The molecule has 0 unspecified atom stereocenters. The standard InChI is InChI=1S/C18H19FN2OS.C10H19NS.C2H2/c1-20-11-16-15-9-8-14(21(2)23-3)10-17(15)22-18(16)12-4-6-13(19)7-5-12;1-4-8-11(9-5-1)12-10-6-2-3-7-10;1-2/h4-10,20H,11H2,1-3H3;10H,1-9H2;1-2H. The van der Waals surface area contributed by atoms with E-state index in [0.29, 0.717) is 6.54 Å². The van der Waals surface area contributed by atoms with Gasteiger partial charge in [-0.2, -0.15) is 0 Å². The van der Waals surface area contributed by atoms with Gasteiger partial charge in [-0.3, -0.25) is 4.31 Å². The highest BCUT2D eigenvalue weighted by Gasteiger charge is 2.20. The van der Waals surface area contributed by atoms with Crippen LogP contribution in [-0.4, -0.2) is 43.0 Å². The number of hydrogen-bond acceptors (Lipinski definition) is 6. The molecule has 0 bridgehead atoms. The van der Waals surface area contributed by atoms with Crippen LogP contribution in [0.25, 0.3) is 22.3 Å². The number of fused-ring (bicyclic) bond motifs is 1. The van der Waals surface area contributed by atoms with Crippen LogP contribution in [0.15, 0.2) is 46.9 Å². The van der Waals surface area contributed by atoms with Crippen molar-refractivity contribution in [1.82, 2.24) is 9.62 Å². The predicted octanol–water partition coefficient (Wildman–Crippen LogP) is 7.99. The Hall–Kier alpha value is -2.11. The van der Waals surface area contributed by atoms with Gasteiger partial charge in [0.15, 0.2) is 0 Å². The van der Waals surface area contributed by atoms with Gasteiger partial charge in [-0.25, -0.2) is 4.39 Å². The summed E-state index contributed by atoms with van der Waals surface area (Å²) < 4.78 is 24.0. The molecule has 200 valence electrons. The minimum atomic E-state index is -0.246. The zero-order valence-corrected chi connectivity index (χ0v) is 24.0. The van der Waals surface area contributed by atoms with E-state index in [1.54, 1.807) is 24.1 Å². The van der Waals surface area contributed by atoms with Crippen LogP contribution in [0.4, 0.5) is 10.1 Å². The normalized spacial score (nSPS) is 16.1. The first-order chi connectivity index (χ1) is 18.1. The lowest BCUT2D eigenvalue weighted by Gasteiger charge is -2.27. The molecule has 1 saturated heterocycles. The molecule has 0 atom stereocenters. The molecule has 7 heteroatoms. The summed E-state index contributed by atoms with van der Waals surface area (Å²) >= 11 is 3.80. The molecule has 1 saturated carbocycles. The van der Waals surface area contributed by atoms with Gasteiger partial charge in [0.05, 0.1) is 5.69 Å². The molecule has 1 aliphatic heterocycles. The molecule has 2 fully saturated rings. The second-order valence-electron chi connectivity index (χ2n) is 9.31. The zero-order valence-electron chi connectivity index (χ0n) is 22.3. The van der Waals surface area contributed by atoms with Gasteiger partial charge in [-0.15, -0.1) is 12.8 Å². The molecule has 5 rings (SSSR count). The van der Waals surface area contributed by atoms with Crippen molar-refractivity contribution >= 4 is 40.6 Å². The van der Waals surface area contributed by atoms with E-state index >= 15 is 0 Å². The Balaban J connectivity index is 0.000000228. The first kappa shape index (κ1) is 29.4. The maximum Gasteiger partial charge on any atom is 0.139 e. The van der Waals surface area contributed by atoms with Gasteiger partial charge in [0.25, 0.3) is 0 Å². The number of furan rings is 1. The van der Waals surface area contributed by atoms with E-state index in [1.165, 1.54) is 70.2 Å². The SMILES string of the molecule is C#C.C1CCN(SC2CCCC2)CC1.CNCc1c(-c2ccc(F)cc2)oc2cc(N(C)SC)ccc12. The summed E-state index contributed by atoms with van der Waals surface area (Å²) in [6.45, 7) is 3.39. The molecule has 2 aromatic carbocycles. The minimum Gasteiger partial charge on any atom is -0.456 e. The van der Waals surface area contributed by atoms with Crippen LogP contribution >= 0.6 is 23.9 Å². The van der Waals surface area contributed by atoms with Crippen LogP contribution < -0.4 is 9.62 Å². The van der Waals surface area contributed by atoms with Crippen molar-refractivity contribution in [2.75, 3.05) is 37.7 Å². The monoisotopic (exact) mass is 541 g/mol. The summed E-state index contributed by atoms with van der Waals surface area (Å²) in [4.78, 5) is 0. The topological polar surface area (TPSA) is 31.6 Å². The maximum absolute atomic E-state index is 13.2. The van der Waals surface area contributed by atoms with Crippen molar-refractivity contribution in [1.29, 1.82) is 0 Å². The van der Waals surface area contributed by atoms with Gasteiger partial charge >= 0.3 is 0 Å². The van der Waals surface area contributed by atoms with Gasteiger partial charge in [0.2, 0.25) is 0 Å². The second-order valence-corrected chi connectivity index (χ2v) is 11.6. The van der Waals surface area contributed by atoms with Crippen LogP contribution in [0.5, 0.6) is 0 Å². The predicted molar refractivity (Wildman–Crippen MR) is 161 cm³/mol. The second kappa shape index (κ2) is 15.3. The fraction of sp³-hybridized carbons (Fsp3) is 0.467. The third-order valence-corrected chi connectivity index (χ3v) is 8.98. The molecule has 0 amide bonds. The fourth-order valence-electron chi connectivity index (χ4n) is 4.80. The average molecular weight is 542 g/mol. The number of nitrogens with zero attached hydrogens (tertiary/aromatic N) is 2. The van der Waals surface area contributed by atoms with E-state index in [2.05, 4.69) is 50.9 Å². The molecule has 1 aromatic heterocycles. The van der Waals surface area contributed by atoms with E-state index in [4.69, 9.17) is 4.42 Å². The lowest BCUT2D eigenvalue weighted by Crippen LogP contribution is -2.25. The molecule has 4 nitrogen and oxygen atoms in total. The Kier molecular flexibility index (Phi) is 12.2. The molecule has 37 heavy (non-hydrogen) atoms. The number of halogens is 1. The van der Waals surface area contributed by atoms with Crippen molar-refractivity contribution in [3.05, 3.63) is 53.8 Å². The number of anilines is 1. The number of benzene rings is 2. The van der Waals surface area contributed by atoms with E-state index in [1.807, 2.05) is 26.4 Å². The van der Waals surface area contributed by atoms with E-state index in [-0.39, 0.29) is 5.82 Å². The first-order valence-corrected chi connectivity index (χ1v) is 15.1. The van der Waals surface area contributed by atoms with Gasteiger partial charge < -0.3 is 14.0 Å². The molecule has 2 heterocycles. The molecule has 0 radical (unpaired) electrons. The fourth-order valence-corrected chi connectivity index (χ4v) is 6.56. The Bertz CT molecular complexity index is 1100. The molecule has 1 aliphatic carbocycles. The van der Waals surface area contributed by atoms with Crippen LogP contribution in [0.2, 0.25) is 0 Å². The summed E-state index contributed by atoms with van der Waals surface area (Å²) in [7, 11) is 3.92. The Morgan fingerprint density at radius 3 is 2.32 bits per heavy atom. The summed E-state index contributed by atoms with van der Waals surface area (Å²) in [5.74, 6) is 0.544. The Morgan fingerprint density at radius 2 is 1.70 bits per heavy atom. The van der Waals surface area contributed by atoms with Gasteiger partial charge in [-0.1, -0.05) is 43.2 Å². The van der Waals surface area contributed by atoms with E-state index in [0.717, 1.165) is 38.8 Å². The Labute approximate surface area is 231 Å². The lowest BCUT2D eigenvalue weighted by molar-refractivity contribution is 0.378. The van der Waals surface area contributed by atoms with Crippen LogP contribution in [-0.2, 0) is 6.54 Å². The van der Waals surface area contributed by atoms with Crippen molar-refractivity contribution in [3.63, 3.8) is 0 Å². The smallest absolute Gasteiger partial charge is 0.139 e. The molecule has 1 N–H and O–H groups in total. The molecular weight excluding hydrogens is 501 g/mol. The molecule has 0 spiro atoms. The number of nitrogens with one attached hydrogen (secondary N) is 1. The third-order valence-electron chi connectivity index (χ3n) is 6.79. The highest BCUT2D eigenvalue weighted by molar-refractivity contribution is 7.99. The quantitative estimate of drug-likeness (QED) is 0.241. The van der Waals surface area contributed by atoms with Gasteiger partial charge in [-0.05, 0) is 69.1 Å². The number of rotatable bonds is 7. The van der Waals surface area contributed by atoms with Gasteiger partial charge in [0.1, 0.15) is 17.2 Å². The highest BCUT2D eigenvalue weighted by Crippen LogP contribution is 2.36. The van der Waals surface area contributed by atoms with Crippen LogP contribution in [0.3, 0.4) is 0 Å². The molecule has 2 aliphatic rings. The molecular formula is C30H40FN3OS2. The van der Waals surface area contributed by atoms with Crippen molar-refractivity contribution in [2.24, 2.45) is 0 Å². The Morgan fingerprint density at radius 1 is 1.03 bits per heavy atom. The third kappa shape index (κ3) is 8.19. The maximum atomic E-state index is 13.2. The van der Waals surface area contributed by atoms with Crippen LogP contribution in [0, 0.1) is 18.7 Å². The zero-order chi connectivity index (χ0) is 26.6. The van der Waals surface area contributed by atoms with Gasteiger partial charge in [0, 0.05) is 60.8 Å². The summed E-state index contributed by atoms with van der Waals surface area (Å²) in [5, 5.41) is 5.24. The summed E-state index contributed by atoms with van der Waals surface area (Å²) in [6.07, 6.45) is 20.3. The number of hydrogen-bond donors (Lipinski definition) is 1. The largest absolute Gasteiger partial charge is 0.456 e. The van der Waals surface area contributed by atoms with E-state index in [9.17, 15) is 4.39 Å². The average Bonchev–Trinajstić information content (AvgIpc) is 3.59. The highest BCUT2D eigenvalue weighted by atomic mass is 32.2. The number of piperidine rings is 1. The number of terminal acetylenes is 1. The van der Waals surface area contributed by atoms with Crippen molar-refractivity contribution < 1.29 is 8.81 Å². The van der Waals surface area contributed by atoms with Crippen LogP contribution in [0.1, 0.15) is 50.5 Å². The van der Waals surface area contributed by atoms with Crippen molar-refractivity contribution in [2.45, 2.75) is 56.7 Å². The summed E-state index contributed by atoms with van der Waals surface area (Å²) in [6, 6.07) is 12.6. The minimum absolute atomic E-state index is 0.246. The summed E-state index contributed by atoms with van der Waals surface area (Å²) in [5.41, 5.74) is 3.90. The van der Waals surface area contributed by atoms with Crippen molar-refractivity contribution in [3.8, 4) is 24.2 Å². The lowest BCUT2D eigenvalue weighted by atomic mass is 10.1. The molecule has 3 aromatic rings.